The van der Waals surface area contributed by atoms with Gasteiger partial charge in [-0.2, -0.15) is 12.6 Å². The van der Waals surface area contributed by atoms with Crippen LogP contribution in [-0.2, 0) is 6.54 Å². The lowest BCUT2D eigenvalue weighted by Gasteiger charge is -2.27. The number of methoxy groups -OCH3 is 2. The fraction of sp³-hybridized carbons (Fsp3) is 0.526. The lowest BCUT2D eigenvalue weighted by Crippen LogP contribution is -2.12. The topological polar surface area (TPSA) is 83.4 Å². The maximum absolute atomic E-state index is 6.08. The van der Waals surface area contributed by atoms with Crippen LogP contribution in [-0.4, -0.2) is 19.2 Å². The molecule has 2 aromatic rings. The summed E-state index contributed by atoms with van der Waals surface area (Å²) in [5, 5.41) is 0.679. The lowest BCUT2D eigenvalue weighted by atomic mass is 9.85. The number of ether oxygens (including phenoxy) is 2. The number of thiazole rings is 1. The van der Waals surface area contributed by atoms with Crippen LogP contribution in [0.3, 0.4) is 0 Å². The molecule has 142 valence electrons. The number of benzene rings is 1. The molecule has 7 heteroatoms. The number of nitrogen functional groups attached to an aromatic ring is 1. The smallest absolute Gasteiger partial charge is 0.180 e. The van der Waals surface area contributed by atoms with Crippen LogP contribution >= 0.6 is 24.0 Å². The molecule has 1 fully saturated rings. The third-order valence-corrected chi connectivity index (χ3v) is 6.93. The molecular weight excluding hydrogens is 366 g/mol. The third-order valence-electron chi connectivity index (χ3n) is 5.11. The molecule has 1 aliphatic rings. The van der Waals surface area contributed by atoms with E-state index in [0.717, 1.165) is 33.2 Å². The Balaban J connectivity index is 2.07. The van der Waals surface area contributed by atoms with Crippen LogP contribution in [0.25, 0.3) is 11.3 Å². The van der Waals surface area contributed by atoms with E-state index in [1.54, 1.807) is 14.2 Å². The maximum Gasteiger partial charge on any atom is 0.180 e. The first-order chi connectivity index (χ1) is 12.6. The second-order valence-corrected chi connectivity index (χ2v) is 8.29. The van der Waals surface area contributed by atoms with E-state index in [4.69, 9.17) is 33.6 Å². The van der Waals surface area contributed by atoms with E-state index in [1.165, 1.54) is 43.4 Å². The first-order valence-electron chi connectivity index (χ1n) is 8.98. The normalized spacial score (nSPS) is 16.5. The third kappa shape index (κ3) is 3.80. The molecule has 0 bridgehead atoms. The van der Waals surface area contributed by atoms with E-state index in [9.17, 15) is 0 Å². The molecule has 0 aliphatic heterocycles. The second kappa shape index (κ2) is 8.50. The van der Waals surface area contributed by atoms with Crippen molar-refractivity contribution in [2.45, 2.75) is 43.9 Å². The highest BCUT2D eigenvalue weighted by molar-refractivity contribution is 7.80. The molecule has 0 radical (unpaired) electrons. The average Bonchev–Trinajstić information content (AvgIpc) is 3.08. The van der Waals surface area contributed by atoms with Gasteiger partial charge in [0.25, 0.3) is 0 Å². The molecule has 1 heterocycles. The summed E-state index contributed by atoms with van der Waals surface area (Å²) in [5.74, 6) is 2.01. The zero-order valence-corrected chi connectivity index (χ0v) is 17.0. The standard InChI is InChI=1S/C19H27N3O2S2/c1-23-14-9-13(15(24-2)8-12(14)10-20)16-18(26-19(21)22-16)17(25)11-6-4-3-5-7-11/h8-9,11,17,25H,3-7,10,20H2,1-2H3,(H2,21,22). The zero-order chi connectivity index (χ0) is 18.7. The summed E-state index contributed by atoms with van der Waals surface area (Å²) in [6.45, 7) is 0.378. The summed E-state index contributed by atoms with van der Waals surface area (Å²) in [7, 11) is 3.30. The summed E-state index contributed by atoms with van der Waals surface area (Å²) in [6, 6.07) is 3.86. The van der Waals surface area contributed by atoms with Crippen LogP contribution in [0.1, 0.15) is 47.8 Å². The Morgan fingerprint density at radius 3 is 2.50 bits per heavy atom. The van der Waals surface area contributed by atoms with Gasteiger partial charge in [-0.3, -0.25) is 0 Å². The Hall–Kier alpha value is -1.44. The van der Waals surface area contributed by atoms with Crippen molar-refractivity contribution < 1.29 is 9.47 Å². The number of nitrogens with two attached hydrogens (primary N) is 2. The Morgan fingerprint density at radius 2 is 1.88 bits per heavy atom. The van der Waals surface area contributed by atoms with Crippen LogP contribution in [0.15, 0.2) is 12.1 Å². The Bertz CT molecular complexity index is 757. The zero-order valence-electron chi connectivity index (χ0n) is 15.3. The van der Waals surface area contributed by atoms with E-state index in [0.29, 0.717) is 17.6 Å². The number of hydrogen-bond acceptors (Lipinski definition) is 7. The molecule has 26 heavy (non-hydrogen) atoms. The number of thiol groups is 1. The van der Waals surface area contributed by atoms with Gasteiger partial charge in [0.2, 0.25) is 0 Å². The van der Waals surface area contributed by atoms with E-state index in [-0.39, 0.29) is 5.25 Å². The highest BCUT2D eigenvalue weighted by atomic mass is 32.1. The predicted molar refractivity (Wildman–Crippen MR) is 111 cm³/mol. The Morgan fingerprint density at radius 1 is 1.19 bits per heavy atom. The predicted octanol–water partition coefficient (Wildman–Crippen LogP) is 4.42. The number of hydrogen-bond donors (Lipinski definition) is 3. The summed E-state index contributed by atoms with van der Waals surface area (Å²) >= 11 is 6.49. The SMILES string of the molecule is COc1cc(-c2nc(N)sc2C(S)C2CCCCC2)c(OC)cc1CN. The van der Waals surface area contributed by atoms with Gasteiger partial charge in [0, 0.05) is 27.8 Å². The molecule has 0 saturated heterocycles. The van der Waals surface area contributed by atoms with Gasteiger partial charge in [-0.05, 0) is 30.9 Å². The van der Waals surface area contributed by atoms with Crippen LogP contribution < -0.4 is 20.9 Å². The van der Waals surface area contributed by atoms with Gasteiger partial charge in [-0.1, -0.05) is 19.3 Å². The minimum atomic E-state index is 0.130. The first kappa shape index (κ1) is 19.3. The van der Waals surface area contributed by atoms with Crippen molar-refractivity contribution in [3.8, 4) is 22.8 Å². The van der Waals surface area contributed by atoms with Crippen molar-refractivity contribution in [2.24, 2.45) is 11.7 Å². The molecular formula is C19H27N3O2S2. The van der Waals surface area contributed by atoms with E-state index >= 15 is 0 Å². The number of nitrogens with zero attached hydrogens (tertiary/aromatic N) is 1. The highest BCUT2D eigenvalue weighted by Crippen LogP contribution is 2.47. The molecule has 1 aliphatic carbocycles. The molecule has 1 atom stereocenters. The lowest BCUT2D eigenvalue weighted by molar-refractivity contribution is 0.354. The summed E-state index contributed by atoms with van der Waals surface area (Å²) in [6.07, 6.45) is 6.28. The molecule has 3 rings (SSSR count). The van der Waals surface area contributed by atoms with Gasteiger partial charge < -0.3 is 20.9 Å². The van der Waals surface area contributed by atoms with E-state index in [1.807, 2.05) is 12.1 Å². The molecule has 4 N–H and O–H groups in total. The largest absolute Gasteiger partial charge is 0.496 e. The number of anilines is 1. The van der Waals surface area contributed by atoms with E-state index in [2.05, 4.69) is 4.98 Å². The van der Waals surface area contributed by atoms with Crippen molar-refractivity contribution in [1.29, 1.82) is 0 Å². The van der Waals surface area contributed by atoms with Crippen LogP contribution in [0.2, 0.25) is 0 Å². The quantitative estimate of drug-likeness (QED) is 0.633. The highest BCUT2D eigenvalue weighted by Gasteiger charge is 2.28. The van der Waals surface area contributed by atoms with Gasteiger partial charge in [-0.15, -0.1) is 11.3 Å². The molecule has 0 spiro atoms. The fourth-order valence-electron chi connectivity index (χ4n) is 3.71. The minimum absolute atomic E-state index is 0.130. The van der Waals surface area contributed by atoms with Gasteiger partial charge >= 0.3 is 0 Å². The molecule has 0 amide bonds. The van der Waals surface area contributed by atoms with Crippen molar-refractivity contribution in [3.63, 3.8) is 0 Å². The van der Waals surface area contributed by atoms with Gasteiger partial charge in [0.05, 0.1) is 19.9 Å². The van der Waals surface area contributed by atoms with Crippen LogP contribution in [0.5, 0.6) is 11.5 Å². The summed E-state index contributed by atoms with van der Waals surface area (Å²) in [4.78, 5) is 5.73. The minimum Gasteiger partial charge on any atom is -0.496 e. The maximum atomic E-state index is 6.08. The molecule has 1 saturated carbocycles. The fourth-order valence-corrected chi connectivity index (χ4v) is 5.22. The molecule has 5 nitrogen and oxygen atoms in total. The average molecular weight is 394 g/mol. The van der Waals surface area contributed by atoms with Gasteiger partial charge in [0.15, 0.2) is 5.13 Å². The van der Waals surface area contributed by atoms with Crippen molar-refractivity contribution in [1.82, 2.24) is 4.98 Å². The monoisotopic (exact) mass is 393 g/mol. The van der Waals surface area contributed by atoms with Crippen LogP contribution in [0.4, 0.5) is 5.13 Å². The number of aromatic nitrogens is 1. The Labute approximate surface area is 164 Å². The van der Waals surface area contributed by atoms with Gasteiger partial charge in [0.1, 0.15) is 11.5 Å². The summed E-state index contributed by atoms with van der Waals surface area (Å²) in [5.41, 5.74) is 14.5. The molecule has 1 aromatic carbocycles. The van der Waals surface area contributed by atoms with Crippen molar-refractivity contribution in [3.05, 3.63) is 22.6 Å². The van der Waals surface area contributed by atoms with E-state index < -0.39 is 0 Å². The molecule has 1 unspecified atom stereocenters. The first-order valence-corrected chi connectivity index (χ1v) is 10.3. The van der Waals surface area contributed by atoms with Crippen LogP contribution in [0, 0.1) is 5.92 Å². The second-order valence-electron chi connectivity index (χ2n) is 6.68. The summed E-state index contributed by atoms with van der Waals surface area (Å²) < 4.78 is 11.1. The van der Waals surface area contributed by atoms with Gasteiger partial charge in [-0.25, -0.2) is 4.98 Å². The van der Waals surface area contributed by atoms with Crippen molar-refractivity contribution in [2.75, 3.05) is 20.0 Å². The van der Waals surface area contributed by atoms with Crippen molar-refractivity contribution >= 4 is 29.1 Å². The Kier molecular flexibility index (Phi) is 6.32. The number of rotatable bonds is 6. The molecule has 1 aromatic heterocycles.